The minimum absolute atomic E-state index is 0.00331. The van der Waals surface area contributed by atoms with E-state index in [-0.39, 0.29) is 11.8 Å². The summed E-state index contributed by atoms with van der Waals surface area (Å²) in [5.74, 6) is 1.00. The molecule has 2 amide bonds. The summed E-state index contributed by atoms with van der Waals surface area (Å²) >= 11 is 2.95. The molecule has 0 atom stereocenters. The smallest absolute Gasteiger partial charge is 0.236 e. The van der Waals surface area contributed by atoms with Crippen molar-refractivity contribution in [2.75, 3.05) is 17.6 Å². The Kier molecular flexibility index (Phi) is 8.41. The van der Waals surface area contributed by atoms with Crippen LogP contribution in [-0.2, 0) is 21.8 Å². The van der Waals surface area contributed by atoms with Crippen LogP contribution in [0.2, 0.25) is 0 Å². The Morgan fingerprint density at radius 3 is 2.70 bits per heavy atom. The molecule has 1 aromatic carbocycles. The number of nitrogens with zero attached hydrogens (tertiary/aromatic N) is 2. The van der Waals surface area contributed by atoms with Crippen molar-refractivity contribution < 1.29 is 9.59 Å². The molecule has 2 aromatic heterocycles. The van der Waals surface area contributed by atoms with Crippen molar-refractivity contribution in [1.29, 1.82) is 0 Å². The quantitative estimate of drug-likeness (QED) is 0.463. The molecule has 8 heteroatoms. The Morgan fingerprint density at radius 1 is 1.13 bits per heavy atom. The standard InChI is InChI=1S/C22H24N4O2S2/c1-16(27)23-12-4-5-17-7-9-18(10-8-17)20-14-30-22(25-20)26-21(28)15-29-13-19-6-2-3-11-24-19/h2-3,6-11,14H,4-5,12-13,15H2,1H3,(H,23,27)(H,25,26,28). The number of aryl methyl sites for hydroxylation is 1. The third-order valence-corrected chi connectivity index (χ3v) is 5.95. The third-order valence-electron chi connectivity index (χ3n) is 4.23. The minimum atomic E-state index is -0.0636. The number of nitrogens with one attached hydrogen (secondary N) is 2. The fraction of sp³-hybridized carbons (Fsp3) is 0.273. The number of rotatable bonds is 10. The molecule has 0 aliphatic carbocycles. The average molecular weight is 441 g/mol. The van der Waals surface area contributed by atoms with Gasteiger partial charge in [0.25, 0.3) is 0 Å². The monoisotopic (exact) mass is 440 g/mol. The molecule has 0 spiro atoms. The maximum absolute atomic E-state index is 12.1. The highest BCUT2D eigenvalue weighted by Crippen LogP contribution is 2.25. The van der Waals surface area contributed by atoms with Gasteiger partial charge in [-0.3, -0.25) is 14.6 Å². The minimum Gasteiger partial charge on any atom is -0.356 e. The number of amides is 2. The molecule has 0 fully saturated rings. The van der Waals surface area contributed by atoms with Gasteiger partial charge in [0.2, 0.25) is 11.8 Å². The molecule has 30 heavy (non-hydrogen) atoms. The van der Waals surface area contributed by atoms with Crippen molar-refractivity contribution >= 4 is 40.0 Å². The lowest BCUT2D eigenvalue weighted by atomic mass is 10.1. The Hall–Kier alpha value is -2.71. The van der Waals surface area contributed by atoms with Gasteiger partial charge < -0.3 is 10.6 Å². The molecule has 0 bridgehead atoms. The summed E-state index contributed by atoms with van der Waals surface area (Å²) < 4.78 is 0. The number of hydrogen-bond donors (Lipinski definition) is 2. The van der Waals surface area contributed by atoms with Gasteiger partial charge in [-0.15, -0.1) is 23.1 Å². The molecule has 156 valence electrons. The van der Waals surface area contributed by atoms with Crippen LogP contribution in [0.5, 0.6) is 0 Å². The molecule has 6 nitrogen and oxygen atoms in total. The normalized spacial score (nSPS) is 10.6. The van der Waals surface area contributed by atoms with Crippen LogP contribution in [0.15, 0.2) is 54.0 Å². The number of benzene rings is 1. The number of thiazole rings is 1. The van der Waals surface area contributed by atoms with Crippen LogP contribution >= 0.6 is 23.1 Å². The molecular weight excluding hydrogens is 416 g/mol. The van der Waals surface area contributed by atoms with Gasteiger partial charge >= 0.3 is 0 Å². The number of pyridine rings is 1. The number of hydrogen-bond acceptors (Lipinski definition) is 6. The van der Waals surface area contributed by atoms with E-state index in [0.29, 0.717) is 23.2 Å². The van der Waals surface area contributed by atoms with Crippen LogP contribution in [0.25, 0.3) is 11.3 Å². The van der Waals surface area contributed by atoms with Crippen molar-refractivity contribution in [3.63, 3.8) is 0 Å². The lowest BCUT2D eigenvalue weighted by molar-refractivity contribution is -0.119. The van der Waals surface area contributed by atoms with Crippen LogP contribution in [0, 0.1) is 0 Å². The molecule has 0 radical (unpaired) electrons. The summed E-state index contributed by atoms with van der Waals surface area (Å²) in [7, 11) is 0. The molecule has 0 aliphatic rings. The molecule has 3 rings (SSSR count). The zero-order valence-corrected chi connectivity index (χ0v) is 18.4. The van der Waals surface area contributed by atoms with Gasteiger partial charge in [0, 0.05) is 36.4 Å². The summed E-state index contributed by atoms with van der Waals surface area (Å²) in [6, 6.07) is 14.0. The zero-order chi connectivity index (χ0) is 21.2. The topological polar surface area (TPSA) is 84.0 Å². The van der Waals surface area contributed by atoms with E-state index in [9.17, 15) is 9.59 Å². The third kappa shape index (κ3) is 7.27. The van der Waals surface area contributed by atoms with E-state index < -0.39 is 0 Å². The first-order valence-corrected chi connectivity index (χ1v) is 11.7. The second kappa shape index (κ2) is 11.5. The lowest BCUT2D eigenvalue weighted by Crippen LogP contribution is -2.21. The summed E-state index contributed by atoms with van der Waals surface area (Å²) in [6.45, 7) is 2.22. The van der Waals surface area contributed by atoms with Gasteiger partial charge in [-0.2, -0.15) is 0 Å². The second-order valence-electron chi connectivity index (χ2n) is 6.68. The van der Waals surface area contributed by atoms with Crippen molar-refractivity contribution in [3.8, 4) is 11.3 Å². The highest BCUT2D eigenvalue weighted by molar-refractivity contribution is 7.99. The van der Waals surface area contributed by atoms with Crippen molar-refractivity contribution in [3.05, 3.63) is 65.3 Å². The highest BCUT2D eigenvalue weighted by Gasteiger charge is 2.09. The largest absolute Gasteiger partial charge is 0.356 e. The maximum Gasteiger partial charge on any atom is 0.236 e. The second-order valence-corrected chi connectivity index (χ2v) is 8.53. The van der Waals surface area contributed by atoms with Crippen LogP contribution in [0.1, 0.15) is 24.6 Å². The summed E-state index contributed by atoms with van der Waals surface area (Å²) in [5, 5.41) is 8.22. The van der Waals surface area contributed by atoms with Crippen LogP contribution in [0.4, 0.5) is 5.13 Å². The molecule has 0 aliphatic heterocycles. The molecule has 0 unspecified atom stereocenters. The van der Waals surface area contributed by atoms with Gasteiger partial charge in [-0.25, -0.2) is 4.98 Å². The molecular formula is C22H24N4O2S2. The van der Waals surface area contributed by atoms with E-state index in [4.69, 9.17) is 0 Å². The predicted molar refractivity (Wildman–Crippen MR) is 124 cm³/mol. The van der Waals surface area contributed by atoms with Crippen molar-refractivity contribution in [1.82, 2.24) is 15.3 Å². The van der Waals surface area contributed by atoms with Gasteiger partial charge in [-0.05, 0) is 30.5 Å². The number of thioether (sulfide) groups is 1. The maximum atomic E-state index is 12.1. The molecule has 3 aromatic rings. The summed E-state index contributed by atoms with van der Waals surface area (Å²) in [6.07, 6.45) is 3.57. The Bertz CT molecular complexity index is 959. The summed E-state index contributed by atoms with van der Waals surface area (Å²) in [4.78, 5) is 31.8. The van der Waals surface area contributed by atoms with Crippen LogP contribution in [0.3, 0.4) is 0 Å². The van der Waals surface area contributed by atoms with Crippen LogP contribution in [-0.4, -0.2) is 34.1 Å². The first-order chi connectivity index (χ1) is 14.6. The molecule has 0 saturated carbocycles. The predicted octanol–water partition coefficient (Wildman–Crippen LogP) is 4.15. The zero-order valence-electron chi connectivity index (χ0n) is 16.8. The Balaban J connectivity index is 1.44. The van der Waals surface area contributed by atoms with E-state index in [1.165, 1.54) is 35.6 Å². The number of aromatic nitrogens is 2. The Labute approximate surface area is 184 Å². The summed E-state index contributed by atoms with van der Waals surface area (Å²) in [5.41, 5.74) is 4.05. The van der Waals surface area contributed by atoms with E-state index in [1.807, 2.05) is 35.7 Å². The molecule has 2 N–H and O–H groups in total. The SMILES string of the molecule is CC(=O)NCCCc1ccc(-c2csc(NC(=O)CSCc3ccccn3)n2)cc1. The Morgan fingerprint density at radius 2 is 1.97 bits per heavy atom. The fourth-order valence-corrected chi connectivity index (χ4v) is 4.23. The number of carbonyl (C=O) groups is 2. The van der Waals surface area contributed by atoms with Gasteiger partial charge in [0.1, 0.15) is 0 Å². The first-order valence-electron chi connectivity index (χ1n) is 9.67. The fourth-order valence-electron chi connectivity index (χ4n) is 2.75. The lowest BCUT2D eigenvalue weighted by Gasteiger charge is -2.04. The molecule has 2 heterocycles. The molecule has 0 saturated heterocycles. The van der Waals surface area contributed by atoms with E-state index in [1.54, 1.807) is 6.20 Å². The van der Waals surface area contributed by atoms with E-state index in [0.717, 1.165) is 29.8 Å². The van der Waals surface area contributed by atoms with Gasteiger partial charge in [0.05, 0.1) is 17.1 Å². The van der Waals surface area contributed by atoms with Crippen molar-refractivity contribution in [2.24, 2.45) is 0 Å². The highest BCUT2D eigenvalue weighted by atomic mass is 32.2. The van der Waals surface area contributed by atoms with Crippen LogP contribution < -0.4 is 10.6 Å². The van der Waals surface area contributed by atoms with Gasteiger partial charge in [-0.1, -0.05) is 30.3 Å². The van der Waals surface area contributed by atoms with Crippen molar-refractivity contribution in [2.45, 2.75) is 25.5 Å². The number of anilines is 1. The first kappa shape index (κ1) is 22.0. The average Bonchev–Trinajstić information content (AvgIpc) is 3.20. The van der Waals surface area contributed by atoms with E-state index in [2.05, 4.69) is 32.7 Å². The van der Waals surface area contributed by atoms with Gasteiger partial charge in [0.15, 0.2) is 5.13 Å². The number of carbonyl (C=O) groups excluding carboxylic acids is 2. The van der Waals surface area contributed by atoms with E-state index >= 15 is 0 Å².